The van der Waals surface area contributed by atoms with Crippen molar-refractivity contribution in [2.45, 2.75) is 50.7 Å². The molecule has 0 aliphatic carbocycles. The maximum absolute atomic E-state index is 13.9. The maximum atomic E-state index is 13.9. The molecular formula is C16H19F3N2O3. The first-order valence-corrected chi connectivity index (χ1v) is 7.68. The molecule has 0 bridgehead atoms. The van der Waals surface area contributed by atoms with Crippen molar-refractivity contribution >= 4 is 11.9 Å². The van der Waals surface area contributed by atoms with Gasteiger partial charge < -0.3 is 15.7 Å². The zero-order valence-electron chi connectivity index (χ0n) is 13.1. The van der Waals surface area contributed by atoms with Crippen LogP contribution < -0.4 is 5.73 Å². The maximum Gasteiger partial charge on any atom is 0.320 e. The van der Waals surface area contributed by atoms with E-state index in [1.807, 2.05) is 0 Å². The fourth-order valence-corrected chi connectivity index (χ4v) is 3.04. The van der Waals surface area contributed by atoms with E-state index >= 15 is 0 Å². The van der Waals surface area contributed by atoms with E-state index in [2.05, 4.69) is 0 Å². The molecule has 0 spiro atoms. The first-order chi connectivity index (χ1) is 11.2. The number of hydrogen-bond acceptors (Lipinski definition) is 3. The number of carboxylic acids is 1. The van der Waals surface area contributed by atoms with E-state index in [-0.39, 0.29) is 18.5 Å². The molecule has 2 unspecified atom stereocenters. The minimum absolute atomic E-state index is 0.163. The summed E-state index contributed by atoms with van der Waals surface area (Å²) >= 11 is 0. The average Bonchev–Trinajstić information content (AvgIpc) is 2.88. The standard InChI is InChI=1S/C16H19F3N2O3/c1-8-2-3-9(4-5-14(20)16(23)24)21(8)15(22)10-6-12(18)13(19)7-11(10)17/h6-9,14H,2-5,20H2,1H3,(H,23,24)/t8?,9?,14-/m0/s1. The second-order valence-corrected chi connectivity index (χ2v) is 6.06. The zero-order chi connectivity index (χ0) is 18.0. The van der Waals surface area contributed by atoms with E-state index < -0.39 is 40.9 Å². The van der Waals surface area contributed by atoms with E-state index in [4.69, 9.17) is 10.8 Å². The van der Waals surface area contributed by atoms with Gasteiger partial charge in [0.25, 0.3) is 5.91 Å². The van der Waals surface area contributed by atoms with E-state index in [1.165, 1.54) is 4.90 Å². The zero-order valence-corrected chi connectivity index (χ0v) is 13.1. The Morgan fingerprint density at radius 2 is 1.88 bits per heavy atom. The second kappa shape index (κ2) is 7.21. The molecule has 3 N–H and O–H groups in total. The topological polar surface area (TPSA) is 83.6 Å². The van der Waals surface area contributed by atoms with Gasteiger partial charge in [-0.15, -0.1) is 0 Å². The van der Waals surface area contributed by atoms with E-state index in [9.17, 15) is 22.8 Å². The minimum atomic E-state index is -1.36. The Balaban J connectivity index is 2.19. The van der Waals surface area contributed by atoms with Crippen LogP contribution in [0, 0.1) is 17.5 Å². The monoisotopic (exact) mass is 344 g/mol. The smallest absolute Gasteiger partial charge is 0.320 e. The molecule has 1 aliphatic heterocycles. The number of carbonyl (C=O) groups excluding carboxylic acids is 1. The minimum Gasteiger partial charge on any atom is -0.480 e. The Kier molecular flexibility index (Phi) is 5.48. The number of amides is 1. The van der Waals surface area contributed by atoms with Gasteiger partial charge in [0.05, 0.1) is 5.56 Å². The molecule has 24 heavy (non-hydrogen) atoms. The van der Waals surface area contributed by atoms with Crippen LogP contribution in [0.4, 0.5) is 13.2 Å². The van der Waals surface area contributed by atoms with Crippen molar-refractivity contribution in [2.24, 2.45) is 5.73 Å². The lowest BCUT2D eigenvalue weighted by Gasteiger charge is -2.29. The molecule has 1 fully saturated rings. The molecule has 1 heterocycles. The molecule has 0 radical (unpaired) electrons. The van der Waals surface area contributed by atoms with Crippen molar-refractivity contribution in [3.63, 3.8) is 0 Å². The highest BCUT2D eigenvalue weighted by Gasteiger charge is 2.36. The van der Waals surface area contributed by atoms with Gasteiger partial charge in [0.1, 0.15) is 11.9 Å². The Labute approximate surface area is 137 Å². The summed E-state index contributed by atoms with van der Waals surface area (Å²) in [5, 5.41) is 8.82. The molecule has 0 saturated carbocycles. The number of hydrogen-bond donors (Lipinski definition) is 2. The Morgan fingerprint density at radius 1 is 1.25 bits per heavy atom. The van der Waals surface area contributed by atoms with Crippen LogP contribution in [0.15, 0.2) is 12.1 Å². The van der Waals surface area contributed by atoms with Crippen LogP contribution in [-0.2, 0) is 4.79 Å². The molecule has 1 saturated heterocycles. The highest BCUT2D eigenvalue weighted by atomic mass is 19.2. The van der Waals surface area contributed by atoms with Gasteiger partial charge in [0, 0.05) is 18.2 Å². The third-order valence-corrected chi connectivity index (χ3v) is 4.39. The molecule has 1 aliphatic rings. The van der Waals surface area contributed by atoms with E-state index in [0.717, 1.165) is 0 Å². The summed E-state index contributed by atoms with van der Waals surface area (Å²) in [6.45, 7) is 1.77. The van der Waals surface area contributed by atoms with Crippen LogP contribution in [0.5, 0.6) is 0 Å². The largest absolute Gasteiger partial charge is 0.480 e. The highest BCUT2D eigenvalue weighted by Crippen LogP contribution is 2.30. The SMILES string of the molecule is CC1CCC(CC[C@H](N)C(=O)O)N1C(=O)c1cc(F)c(F)cc1F. The molecule has 8 heteroatoms. The second-order valence-electron chi connectivity index (χ2n) is 6.06. The van der Waals surface area contributed by atoms with Crippen LogP contribution >= 0.6 is 0 Å². The quantitative estimate of drug-likeness (QED) is 0.803. The number of rotatable bonds is 5. The van der Waals surface area contributed by atoms with Crippen LogP contribution in [0.3, 0.4) is 0 Å². The van der Waals surface area contributed by atoms with Crippen molar-refractivity contribution < 1.29 is 27.9 Å². The van der Waals surface area contributed by atoms with Gasteiger partial charge in [-0.2, -0.15) is 0 Å². The number of likely N-dealkylation sites (tertiary alicyclic amines) is 1. The van der Waals surface area contributed by atoms with Crippen molar-refractivity contribution in [2.75, 3.05) is 0 Å². The predicted octanol–water partition coefficient (Wildman–Crippen LogP) is 2.29. The third kappa shape index (κ3) is 3.69. The number of halogens is 3. The lowest BCUT2D eigenvalue weighted by Crippen LogP contribution is -2.41. The lowest BCUT2D eigenvalue weighted by molar-refractivity contribution is -0.138. The van der Waals surface area contributed by atoms with Crippen LogP contribution in [-0.4, -0.2) is 40.0 Å². The molecule has 2 rings (SSSR count). The van der Waals surface area contributed by atoms with Crippen LogP contribution in [0.2, 0.25) is 0 Å². The average molecular weight is 344 g/mol. The number of carbonyl (C=O) groups is 2. The van der Waals surface area contributed by atoms with Gasteiger partial charge in [-0.3, -0.25) is 9.59 Å². The highest BCUT2D eigenvalue weighted by molar-refractivity contribution is 5.95. The van der Waals surface area contributed by atoms with Gasteiger partial charge in [0.2, 0.25) is 0 Å². The molecule has 3 atom stereocenters. The van der Waals surface area contributed by atoms with Gasteiger partial charge >= 0.3 is 5.97 Å². The van der Waals surface area contributed by atoms with Gasteiger partial charge in [-0.05, 0) is 38.7 Å². The number of nitrogens with zero attached hydrogens (tertiary/aromatic N) is 1. The molecule has 1 aromatic carbocycles. The normalized spacial score (nSPS) is 21.8. The first kappa shape index (κ1) is 18.3. The summed E-state index contributed by atoms with van der Waals surface area (Å²) in [4.78, 5) is 24.8. The van der Waals surface area contributed by atoms with Crippen LogP contribution in [0.1, 0.15) is 43.0 Å². The van der Waals surface area contributed by atoms with E-state index in [0.29, 0.717) is 31.4 Å². The first-order valence-electron chi connectivity index (χ1n) is 7.68. The molecule has 1 aromatic rings. The Morgan fingerprint density at radius 3 is 2.50 bits per heavy atom. The van der Waals surface area contributed by atoms with Gasteiger partial charge in [-0.25, -0.2) is 13.2 Å². The summed E-state index contributed by atoms with van der Waals surface area (Å²) in [7, 11) is 0. The third-order valence-electron chi connectivity index (χ3n) is 4.39. The summed E-state index contributed by atoms with van der Waals surface area (Å²) in [6.07, 6.45) is 1.78. The molecule has 132 valence electrons. The Bertz CT molecular complexity index is 654. The van der Waals surface area contributed by atoms with Crippen LogP contribution in [0.25, 0.3) is 0 Å². The van der Waals surface area contributed by atoms with Gasteiger partial charge in [-0.1, -0.05) is 0 Å². The predicted molar refractivity (Wildman–Crippen MR) is 79.8 cm³/mol. The number of nitrogens with two attached hydrogens (primary N) is 1. The molecule has 1 amide bonds. The summed E-state index contributed by atoms with van der Waals surface area (Å²) in [5.74, 6) is -5.64. The lowest BCUT2D eigenvalue weighted by atomic mass is 10.0. The van der Waals surface area contributed by atoms with E-state index in [1.54, 1.807) is 6.92 Å². The fourth-order valence-electron chi connectivity index (χ4n) is 3.04. The summed E-state index contributed by atoms with van der Waals surface area (Å²) in [5.41, 5.74) is 4.94. The summed E-state index contributed by atoms with van der Waals surface area (Å²) < 4.78 is 40.2. The molecular weight excluding hydrogens is 325 g/mol. The number of carboxylic acid groups (broad SMARTS) is 1. The van der Waals surface area contributed by atoms with Crippen molar-refractivity contribution in [1.29, 1.82) is 0 Å². The summed E-state index contributed by atoms with van der Waals surface area (Å²) in [6, 6.07) is -0.671. The molecule has 0 aromatic heterocycles. The Hall–Kier alpha value is -2.09. The van der Waals surface area contributed by atoms with Crippen molar-refractivity contribution in [3.05, 3.63) is 35.1 Å². The van der Waals surface area contributed by atoms with Crippen molar-refractivity contribution in [3.8, 4) is 0 Å². The van der Waals surface area contributed by atoms with Gasteiger partial charge in [0.15, 0.2) is 11.6 Å². The van der Waals surface area contributed by atoms with Crippen molar-refractivity contribution in [1.82, 2.24) is 4.90 Å². The number of aliphatic carboxylic acids is 1. The number of benzene rings is 1. The fraction of sp³-hybridized carbons (Fsp3) is 0.500. The molecule has 5 nitrogen and oxygen atoms in total.